The lowest BCUT2D eigenvalue weighted by molar-refractivity contribution is -0.152. The molecule has 1 aliphatic carbocycles. The SMILES string of the molecule is Cc1cc(C)c(C2O[C@@H]3[C@H](O2)[C@@H](COP(=O)(N[C@@H](C)C(=O)OC2CCCCC2)Oc2ccccc2)O[C@H]3C)c(C)c1. The molecule has 1 N–H and O–H groups in total. The van der Waals surface area contributed by atoms with Crippen LogP contribution in [-0.2, 0) is 32.8 Å². The molecule has 3 aliphatic rings. The van der Waals surface area contributed by atoms with Gasteiger partial charge in [0, 0.05) is 5.56 Å². The van der Waals surface area contributed by atoms with Crippen LogP contribution in [0, 0.1) is 20.8 Å². The largest absolute Gasteiger partial charge is 0.461 e. The van der Waals surface area contributed by atoms with Gasteiger partial charge in [-0.25, -0.2) is 4.57 Å². The van der Waals surface area contributed by atoms with E-state index in [1.165, 1.54) is 5.56 Å². The fraction of sp³-hybridized carbons (Fsp3) is 0.581. The Bertz CT molecular complexity index is 1230. The summed E-state index contributed by atoms with van der Waals surface area (Å²) >= 11 is 0. The van der Waals surface area contributed by atoms with Gasteiger partial charge in [0.05, 0.1) is 12.7 Å². The second-order valence-corrected chi connectivity index (χ2v) is 13.2. The Morgan fingerprint density at radius 1 is 1.00 bits per heavy atom. The highest BCUT2D eigenvalue weighted by Crippen LogP contribution is 2.47. The predicted molar refractivity (Wildman–Crippen MR) is 154 cm³/mol. The van der Waals surface area contributed by atoms with E-state index in [-0.39, 0.29) is 24.9 Å². The van der Waals surface area contributed by atoms with Crippen molar-refractivity contribution in [1.82, 2.24) is 5.09 Å². The van der Waals surface area contributed by atoms with E-state index in [4.69, 9.17) is 28.0 Å². The smallest absolute Gasteiger partial charge is 0.459 e. The van der Waals surface area contributed by atoms with Crippen LogP contribution >= 0.6 is 7.75 Å². The van der Waals surface area contributed by atoms with E-state index in [1.807, 2.05) is 13.0 Å². The molecular weight excluding hydrogens is 545 g/mol. The number of aryl methyl sites for hydroxylation is 3. The predicted octanol–water partition coefficient (Wildman–Crippen LogP) is 6.24. The lowest BCUT2D eigenvalue weighted by Gasteiger charge is -2.27. The molecule has 2 heterocycles. The number of hydrogen-bond acceptors (Lipinski definition) is 8. The zero-order valence-corrected chi connectivity index (χ0v) is 25.4. The van der Waals surface area contributed by atoms with Crippen molar-refractivity contribution >= 4 is 13.7 Å². The van der Waals surface area contributed by atoms with E-state index < -0.39 is 38.3 Å². The summed E-state index contributed by atoms with van der Waals surface area (Å²) in [5.41, 5.74) is 4.41. The van der Waals surface area contributed by atoms with Gasteiger partial charge < -0.3 is 23.5 Å². The first-order chi connectivity index (χ1) is 19.6. The third kappa shape index (κ3) is 7.22. The topological polar surface area (TPSA) is 102 Å². The average Bonchev–Trinajstić information content (AvgIpc) is 3.48. The normalized spacial score (nSPS) is 28.6. The maximum absolute atomic E-state index is 14.0. The lowest BCUT2D eigenvalue weighted by atomic mass is 9.98. The van der Waals surface area contributed by atoms with Crippen molar-refractivity contribution in [1.29, 1.82) is 0 Å². The van der Waals surface area contributed by atoms with Crippen LogP contribution in [0.4, 0.5) is 0 Å². The number of rotatable bonds is 10. The zero-order chi connectivity index (χ0) is 29.1. The number of fused-ring (bicyclic) bond motifs is 1. The Hall–Kier alpha value is -2.26. The molecule has 5 rings (SSSR count). The Labute approximate surface area is 242 Å². The molecule has 7 atom stereocenters. The number of nitrogens with one attached hydrogen (secondary N) is 1. The van der Waals surface area contributed by atoms with Crippen LogP contribution in [0.3, 0.4) is 0 Å². The molecule has 2 unspecified atom stereocenters. The van der Waals surface area contributed by atoms with Gasteiger partial charge >= 0.3 is 13.7 Å². The minimum Gasteiger partial charge on any atom is -0.461 e. The molecule has 0 radical (unpaired) electrons. The number of para-hydroxylation sites is 1. The van der Waals surface area contributed by atoms with Gasteiger partial charge in [-0.2, -0.15) is 5.09 Å². The van der Waals surface area contributed by atoms with Gasteiger partial charge in [-0.3, -0.25) is 9.32 Å². The number of esters is 1. The number of benzene rings is 2. The van der Waals surface area contributed by atoms with Crippen molar-refractivity contribution in [3.05, 3.63) is 64.7 Å². The molecule has 9 nitrogen and oxygen atoms in total. The van der Waals surface area contributed by atoms with Gasteiger partial charge in [0.15, 0.2) is 6.29 Å². The summed E-state index contributed by atoms with van der Waals surface area (Å²) in [5, 5.41) is 2.79. The monoisotopic (exact) mass is 587 g/mol. The molecule has 2 aromatic rings. The molecule has 0 bridgehead atoms. The van der Waals surface area contributed by atoms with E-state index in [9.17, 15) is 9.36 Å². The van der Waals surface area contributed by atoms with E-state index in [2.05, 4.69) is 38.0 Å². The van der Waals surface area contributed by atoms with Crippen LogP contribution in [0.15, 0.2) is 42.5 Å². The first kappa shape index (κ1) is 30.2. The Kier molecular flexibility index (Phi) is 9.53. The van der Waals surface area contributed by atoms with Crippen LogP contribution in [0.1, 0.15) is 74.5 Å². The summed E-state index contributed by atoms with van der Waals surface area (Å²) in [4.78, 5) is 12.9. The van der Waals surface area contributed by atoms with Crippen LogP contribution in [-0.4, -0.2) is 49.1 Å². The fourth-order valence-electron chi connectivity index (χ4n) is 6.03. The van der Waals surface area contributed by atoms with Crippen LogP contribution in [0.2, 0.25) is 0 Å². The van der Waals surface area contributed by atoms with E-state index in [1.54, 1.807) is 31.2 Å². The van der Waals surface area contributed by atoms with E-state index in [0.717, 1.165) is 48.8 Å². The first-order valence-electron chi connectivity index (χ1n) is 14.6. The molecule has 0 spiro atoms. The van der Waals surface area contributed by atoms with E-state index >= 15 is 0 Å². The first-order valence-corrected chi connectivity index (χ1v) is 16.2. The number of ether oxygens (including phenoxy) is 4. The molecule has 10 heteroatoms. The second-order valence-electron chi connectivity index (χ2n) is 11.5. The van der Waals surface area contributed by atoms with Gasteiger partial charge in [0.2, 0.25) is 0 Å². The van der Waals surface area contributed by atoms with Crippen molar-refractivity contribution in [2.24, 2.45) is 0 Å². The molecular formula is C31H42NO8P. The molecule has 3 fully saturated rings. The Balaban J connectivity index is 1.27. The van der Waals surface area contributed by atoms with Crippen molar-refractivity contribution in [2.45, 2.75) is 110 Å². The molecule has 224 valence electrons. The second kappa shape index (κ2) is 12.9. The lowest BCUT2D eigenvalue weighted by Crippen LogP contribution is -2.38. The maximum Gasteiger partial charge on any atom is 0.459 e. The number of hydrogen-bond donors (Lipinski definition) is 1. The summed E-state index contributed by atoms with van der Waals surface area (Å²) in [7, 11) is -4.03. The van der Waals surface area contributed by atoms with Gasteiger partial charge in [-0.15, -0.1) is 0 Å². The Morgan fingerprint density at radius 3 is 2.34 bits per heavy atom. The van der Waals surface area contributed by atoms with Crippen LogP contribution in [0.5, 0.6) is 5.75 Å². The molecule has 0 amide bonds. The van der Waals surface area contributed by atoms with E-state index in [0.29, 0.717) is 5.75 Å². The van der Waals surface area contributed by atoms with Crippen molar-refractivity contribution in [3.8, 4) is 5.75 Å². The number of carbonyl (C=O) groups is 1. The van der Waals surface area contributed by atoms with Gasteiger partial charge in [0.25, 0.3) is 0 Å². The zero-order valence-electron chi connectivity index (χ0n) is 24.5. The molecule has 2 aromatic carbocycles. The number of carbonyl (C=O) groups excluding carboxylic acids is 1. The molecule has 0 aromatic heterocycles. The standard InChI is InChI=1S/C31H42NO8P/c1-19-16-20(2)27(21(3)17-19)31-38-28-23(5)36-26(29(28)39-31)18-35-41(34,40-25-14-10-7-11-15-25)32-22(4)30(33)37-24-12-8-6-9-13-24/h7,10-11,14-17,22-24,26,28-29,31H,6,8-9,12-13,18H2,1-5H3,(H,32,34)/t22-,23-,26+,28-,29+,31?,41?/m0/s1. The minimum absolute atomic E-state index is 0.0883. The summed E-state index contributed by atoms with van der Waals surface area (Å²) in [6.45, 7) is 9.62. The maximum atomic E-state index is 14.0. The average molecular weight is 588 g/mol. The summed E-state index contributed by atoms with van der Waals surface area (Å²) in [6, 6.07) is 12.0. The van der Waals surface area contributed by atoms with Crippen LogP contribution in [0.25, 0.3) is 0 Å². The third-order valence-electron chi connectivity index (χ3n) is 8.00. The van der Waals surface area contributed by atoms with Crippen molar-refractivity contribution < 1.29 is 37.4 Å². The summed E-state index contributed by atoms with van der Waals surface area (Å²) in [6.07, 6.45) is 2.74. The fourth-order valence-corrected chi connectivity index (χ4v) is 7.54. The summed E-state index contributed by atoms with van der Waals surface area (Å²) in [5.74, 6) is -0.136. The van der Waals surface area contributed by atoms with Crippen LogP contribution < -0.4 is 9.61 Å². The third-order valence-corrected chi connectivity index (χ3v) is 9.64. The molecule has 41 heavy (non-hydrogen) atoms. The van der Waals surface area contributed by atoms with Crippen molar-refractivity contribution in [2.75, 3.05) is 6.61 Å². The van der Waals surface area contributed by atoms with Gasteiger partial charge in [-0.1, -0.05) is 42.3 Å². The minimum atomic E-state index is -4.03. The van der Waals surface area contributed by atoms with Gasteiger partial charge in [-0.05, 0) is 83.6 Å². The van der Waals surface area contributed by atoms with Gasteiger partial charge in [0.1, 0.15) is 36.2 Å². The molecule has 1 saturated carbocycles. The van der Waals surface area contributed by atoms with Crippen molar-refractivity contribution in [3.63, 3.8) is 0 Å². The highest BCUT2D eigenvalue weighted by molar-refractivity contribution is 7.52. The summed E-state index contributed by atoms with van der Waals surface area (Å²) < 4.78 is 50.3. The highest BCUT2D eigenvalue weighted by atomic mass is 31.2. The molecule has 2 saturated heterocycles. The Morgan fingerprint density at radius 2 is 1.66 bits per heavy atom. The quantitative estimate of drug-likeness (QED) is 0.256. The molecule has 2 aliphatic heterocycles. The highest BCUT2D eigenvalue weighted by Gasteiger charge is 2.52.